The summed E-state index contributed by atoms with van der Waals surface area (Å²) in [5.41, 5.74) is 1.62. The van der Waals surface area contributed by atoms with Crippen molar-refractivity contribution in [2.45, 2.75) is 0 Å². The molecule has 2 N–H and O–H groups in total. The molecule has 5 heteroatoms. The van der Waals surface area contributed by atoms with Gasteiger partial charge < -0.3 is 5.21 Å². The SMILES string of the molecule is [O-][NH+](O)c1ccc(N=Nc2ccccc2)cc1. The van der Waals surface area contributed by atoms with Crippen LogP contribution in [0.4, 0.5) is 17.1 Å². The Labute approximate surface area is 98.2 Å². The minimum atomic E-state index is -0.948. The lowest BCUT2D eigenvalue weighted by Crippen LogP contribution is -2.99. The monoisotopic (exact) mass is 229 g/mol. The molecule has 2 aromatic carbocycles. The van der Waals surface area contributed by atoms with E-state index in [0.29, 0.717) is 5.69 Å². The molecule has 0 aromatic heterocycles. The van der Waals surface area contributed by atoms with Gasteiger partial charge in [-0.1, -0.05) is 18.2 Å². The Balaban J connectivity index is 2.12. The molecular formula is C12H11N3O2. The van der Waals surface area contributed by atoms with Crippen LogP contribution in [0.1, 0.15) is 0 Å². The minimum Gasteiger partial charge on any atom is -0.595 e. The molecule has 86 valence electrons. The van der Waals surface area contributed by atoms with Crippen molar-refractivity contribution in [2.24, 2.45) is 10.2 Å². The van der Waals surface area contributed by atoms with Gasteiger partial charge in [0.1, 0.15) is 0 Å². The average Bonchev–Trinajstić information content (AvgIpc) is 2.38. The number of rotatable bonds is 3. The fourth-order valence-corrected chi connectivity index (χ4v) is 1.28. The van der Waals surface area contributed by atoms with E-state index in [0.717, 1.165) is 5.69 Å². The Bertz CT molecular complexity index is 495. The predicted octanol–water partition coefficient (Wildman–Crippen LogP) is 2.51. The maximum atomic E-state index is 10.6. The van der Waals surface area contributed by atoms with Gasteiger partial charge in [-0.3, -0.25) is 0 Å². The lowest BCUT2D eigenvalue weighted by Gasteiger charge is -2.10. The first-order chi connectivity index (χ1) is 8.25. The Morgan fingerprint density at radius 2 is 1.35 bits per heavy atom. The van der Waals surface area contributed by atoms with Crippen LogP contribution in [0.25, 0.3) is 0 Å². The molecule has 0 amide bonds. The summed E-state index contributed by atoms with van der Waals surface area (Å²) < 4.78 is 0. The quantitative estimate of drug-likeness (QED) is 0.627. The molecule has 2 rings (SSSR count). The summed E-state index contributed by atoms with van der Waals surface area (Å²) >= 11 is 0. The van der Waals surface area contributed by atoms with E-state index in [1.165, 1.54) is 12.1 Å². The van der Waals surface area contributed by atoms with Crippen molar-refractivity contribution < 1.29 is 10.4 Å². The third kappa shape index (κ3) is 3.18. The second-order valence-electron chi connectivity index (χ2n) is 3.39. The van der Waals surface area contributed by atoms with Gasteiger partial charge in [0.05, 0.1) is 11.4 Å². The second kappa shape index (κ2) is 5.31. The summed E-state index contributed by atoms with van der Waals surface area (Å²) in [6, 6.07) is 15.6. The highest BCUT2D eigenvalue weighted by molar-refractivity contribution is 5.44. The van der Waals surface area contributed by atoms with Crippen molar-refractivity contribution in [3.05, 3.63) is 59.8 Å². The molecular weight excluding hydrogens is 218 g/mol. The first-order valence-electron chi connectivity index (χ1n) is 5.06. The number of nitrogens with one attached hydrogen (secondary N) is 1. The normalized spacial score (nSPS) is 12.8. The molecule has 1 unspecified atom stereocenters. The molecule has 0 aliphatic carbocycles. The standard InChI is InChI=1S/C12H11N3O2/c16-15(17)12-8-6-11(7-9-12)14-13-10-4-2-1-3-5-10/h1-9,15-16H. The molecule has 0 aliphatic rings. The maximum Gasteiger partial charge on any atom is 0.163 e. The highest BCUT2D eigenvalue weighted by atomic mass is 16.8. The highest BCUT2D eigenvalue weighted by Gasteiger charge is 1.98. The van der Waals surface area contributed by atoms with E-state index in [9.17, 15) is 5.21 Å². The van der Waals surface area contributed by atoms with E-state index >= 15 is 0 Å². The van der Waals surface area contributed by atoms with Crippen molar-refractivity contribution in [1.82, 2.24) is 0 Å². The lowest BCUT2D eigenvalue weighted by molar-refractivity contribution is -0.991. The molecule has 2 aromatic rings. The highest BCUT2D eigenvalue weighted by Crippen LogP contribution is 2.18. The van der Waals surface area contributed by atoms with Crippen LogP contribution in [-0.4, -0.2) is 5.21 Å². The average molecular weight is 229 g/mol. The van der Waals surface area contributed by atoms with Crippen LogP contribution in [0.2, 0.25) is 0 Å². The van der Waals surface area contributed by atoms with E-state index < -0.39 is 5.23 Å². The zero-order valence-corrected chi connectivity index (χ0v) is 8.95. The van der Waals surface area contributed by atoms with Crippen molar-refractivity contribution in [3.8, 4) is 0 Å². The summed E-state index contributed by atoms with van der Waals surface area (Å²) in [5, 5.41) is 26.5. The van der Waals surface area contributed by atoms with Gasteiger partial charge in [-0.2, -0.15) is 15.5 Å². The van der Waals surface area contributed by atoms with Crippen LogP contribution in [0.3, 0.4) is 0 Å². The maximum absolute atomic E-state index is 10.6. The molecule has 0 fully saturated rings. The molecule has 0 saturated carbocycles. The largest absolute Gasteiger partial charge is 0.595 e. The van der Waals surface area contributed by atoms with Gasteiger partial charge in [0.25, 0.3) is 0 Å². The smallest absolute Gasteiger partial charge is 0.163 e. The fourth-order valence-electron chi connectivity index (χ4n) is 1.28. The zero-order valence-electron chi connectivity index (χ0n) is 8.95. The van der Waals surface area contributed by atoms with Crippen molar-refractivity contribution >= 4 is 17.1 Å². The molecule has 0 heterocycles. The molecule has 17 heavy (non-hydrogen) atoms. The summed E-state index contributed by atoms with van der Waals surface area (Å²) in [5.74, 6) is 0. The van der Waals surface area contributed by atoms with Gasteiger partial charge in [-0.05, 0) is 24.3 Å². The molecule has 5 nitrogen and oxygen atoms in total. The first-order valence-corrected chi connectivity index (χ1v) is 5.06. The third-order valence-electron chi connectivity index (χ3n) is 2.15. The van der Waals surface area contributed by atoms with Crippen LogP contribution in [0.5, 0.6) is 0 Å². The second-order valence-corrected chi connectivity index (χ2v) is 3.39. The van der Waals surface area contributed by atoms with Gasteiger partial charge in [0, 0.05) is 12.1 Å². The van der Waals surface area contributed by atoms with Gasteiger partial charge in [0.2, 0.25) is 0 Å². The van der Waals surface area contributed by atoms with E-state index in [1.807, 2.05) is 30.3 Å². The number of nitrogens with zero attached hydrogens (tertiary/aromatic N) is 2. The molecule has 0 bridgehead atoms. The zero-order chi connectivity index (χ0) is 12.1. The van der Waals surface area contributed by atoms with E-state index in [-0.39, 0.29) is 5.69 Å². The van der Waals surface area contributed by atoms with Crippen LogP contribution in [0.15, 0.2) is 64.8 Å². The van der Waals surface area contributed by atoms with Gasteiger partial charge in [0.15, 0.2) is 5.69 Å². The van der Waals surface area contributed by atoms with Gasteiger partial charge in [-0.25, -0.2) is 5.21 Å². The number of hydrogen-bond donors (Lipinski definition) is 2. The van der Waals surface area contributed by atoms with Crippen LogP contribution < -0.4 is 5.23 Å². The fraction of sp³-hybridized carbons (Fsp3) is 0. The summed E-state index contributed by atoms with van der Waals surface area (Å²) in [6.07, 6.45) is 0. The lowest BCUT2D eigenvalue weighted by atomic mass is 10.3. The molecule has 1 atom stereocenters. The summed E-state index contributed by atoms with van der Waals surface area (Å²) in [4.78, 5) is 0. The Kier molecular flexibility index (Phi) is 3.56. The Morgan fingerprint density at radius 1 is 0.824 bits per heavy atom. The molecule has 0 aliphatic heterocycles. The van der Waals surface area contributed by atoms with Crippen molar-refractivity contribution in [3.63, 3.8) is 0 Å². The topological polar surface area (TPSA) is 72.5 Å². The minimum absolute atomic E-state index is 0.240. The van der Waals surface area contributed by atoms with Crippen LogP contribution >= 0.6 is 0 Å². The number of benzene rings is 2. The van der Waals surface area contributed by atoms with Crippen LogP contribution in [-0.2, 0) is 0 Å². The van der Waals surface area contributed by atoms with Gasteiger partial charge in [-0.15, -0.1) is 0 Å². The van der Waals surface area contributed by atoms with E-state index in [4.69, 9.17) is 5.21 Å². The summed E-state index contributed by atoms with van der Waals surface area (Å²) in [7, 11) is 0. The predicted molar refractivity (Wildman–Crippen MR) is 62.8 cm³/mol. The Hall–Kier alpha value is -2.08. The number of hydrogen-bond acceptors (Lipinski definition) is 4. The first kappa shape index (κ1) is 11.4. The molecule has 0 radical (unpaired) electrons. The third-order valence-corrected chi connectivity index (χ3v) is 2.15. The van der Waals surface area contributed by atoms with E-state index in [1.54, 1.807) is 12.1 Å². The molecule has 0 saturated heterocycles. The van der Waals surface area contributed by atoms with E-state index in [2.05, 4.69) is 10.2 Å². The number of azo groups is 1. The van der Waals surface area contributed by atoms with Crippen molar-refractivity contribution in [2.75, 3.05) is 0 Å². The van der Waals surface area contributed by atoms with Crippen LogP contribution in [0, 0.1) is 5.21 Å². The molecule has 0 spiro atoms. The van der Waals surface area contributed by atoms with Crippen molar-refractivity contribution in [1.29, 1.82) is 0 Å². The number of quaternary nitrogens is 1. The summed E-state index contributed by atoms with van der Waals surface area (Å²) in [6.45, 7) is 0. The van der Waals surface area contributed by atoms with Gasteiger partial charge >= 0.3 is 0 Å². The Morgan fingerprint density at radius 3 is 1.88 bits per heavy atom.